The summed E-state index contributed by atoms with van der Waals surface area (Å²) in [6.07, 6.45) is -4.82. The Bertz CT molecular complexity index is 918. The summed E-state index contributed by atoms with van der Waals surface area (Å²) in [5.74, 6) is -4.72. The van der Waals surface area contributed by atoms with Gasteiger partial charge < -0.3 is 29.2 Å². The van der Waals surface area contributed by atoms with E-state index in [0.29, 0.717) is 11.5 Å². The van der Waals surface area contributed by atoms with Gasteiger partial charge in [0, 0.05) is 0 Å². The molecule has 0 aliphatic heterocycles. The van der Waals surface area contributed by atoms with E-state index in [0.717, 1.165) is 0 Å². The normalized spacial score (nSPS) is 12.3. The van der Waals surface area contributed by atoms with E-state index >= 15 is 0 Å². The highest BCUT2D eigenvalue weighted by Crippen LogP contribution is 2.14. The largest absolute Gasteiger partial charge is 0.497 e. The van der Waals surface area contributed by atoms with E-state index in [2.05, 4.69) is 9.47 Å². The van der Waals surface area contributed by atoms with Crippen LogP contribution in [0.15, 0.2) is 48.5 Å². The van der Waals surface area contributed by atoms with Gasteiger partial charge in [-0.2, -0.15) is 0 Å². The summed E-state index contributed by atoms with van der Waals surface area (Å²) < 4.78 is 18.8. The van der Waals surface area contributed by atoms with Crippen LogP contribution in [0, 0.1) is 0 Å². The molecule has 0 amide bonds. The molecule has 0 fully saturated rings. The number of carbonyl (C=O) groups excluding carboxylic acids is 4. The molecule has 2 unspecified atom stereocenters. The number of aliphatic hydroxyl groups is 2. The fraction of sp³-hybridized carbons (Fsp3) is 0.200. The Morgan fingerprint density at radius 3 is 1.60 bits per heavy atom. The highest BCUT2D eigenvalue weighted by molar-refractivity contribution is 6.37. The lowest BCUT2D eigenvalue weighted by molar-refractivity contribution is -0.168. The van der Waals surface area contributed by atoms with E-state index < -0.39 is 36.1 Å². The number of carbonyl (C=O) groups is 4. The van der Waals surface area contributed by atoms with Crippen molar-refractivity contribution >= 4 is 23.7 Å². The second-order valence-corrected chi connectivity index (χ2v) is 5.74. The third-order valence-corrected chi connectivity index (χ3v) is 3.80. The maximum atomic E-state index is 11.9. The Labute approximate surface area is 170 Å². The van der Waals surface area contributed by atoms with E-state index in [-0.39, 0.29) is 11.1 Å². The summed E-state index contributed by atoms with van der Waals surface area (Å²) >= 11 is 0. The Hall–Kier alpha value is -3.76. The molecule has 0 saturated heterocycles. The summed E-state index contributed by atoms with van der Waals surface area (Å²) in [5, 5.41) is 19.5. The molecular formula is C20H18O10. The molecule has 2 rings (SSSR count). The lowest BCUT2D eigenvalue weighted by Crippen LogP contribution is -2.42. The van der Waals surface area contributed by atoms with Gasteiger partial charge in [0.1, 0.15) is 11.5 Å². The highest BCUT2D eigenvalue weighted by Gasteiger charge is 2.35. The second kappa shape index (κ2) is 10.1. The molecule has 0 bridgehead atoms. The number of aliphatic hydroxyl groups excluding tert-OH is 2. The topological polar surface area (TPSA) is 146 Å². The molecule has 2 atom stereocenters. The van der Waals surface area contributed by atoms with Crippen LogP contribution in [-0.4, -0.2) is 60.5 Å². The number of ether oxygens (including phenoxy) is 4. The van der Waals surface area contributed by atoms with E-state index in [4.69, 9.17) is 9.47 Å². The minimum Gasteiger partial charge on any atom is -0.497 e. The zero-order valence-corrected chi connectivity index (χ0v) is 15.9. The van der Waals surface area contributed by atoms with Gasteiger partial charge in [-0.1, -0.05) is 0 Å². The predicted octanol–water partition coefficient (Wildman–Crippen LogP) is 0.493. The SMILES string of the molecule is COc1ccc(C(=O)OC(=O)C(=O)C(O)C(O)OC(=O)c2ccc(OC)cc2)cc1. The van der Waals surface area contributed by atoms with Crippen LogP contribution >= 0.6 is 0 Å². The number of Topliss-reactive ketones (excluding diaryl/α,β-unsaturated/α-hetero) is 1. The van der Waals surface area contributed by atoms with Crippen molar-refractivity contribution in [2.24, 2.45) is 0 Å². The maximum absolute atomic E-state index is 11.9. The highest BCUT2D eigenvalue weighted by atomic mass is 16.6. The summed E-state index contributed by atoms with van der Waals surface area (Å²) in [7, 11) is 2.85. The van der Waals surface area contributed by atoms with Crippen LogP contribution in [0.25, 0.3) is 0 Å². The fourth-order valence-electron chi connectivity index (χ4n) is 2.14. The van der Waals surface area contributed by atoms with Crippen molar-refractivity contribution < 1.29 is 48.3 Å². The molecule has 0 aliphatic rings. The van der Waals surface area contributed by atoms with E-state index in [1.165, 1.54) is 62.8 Å². The summed E-state index contributed by atoms with van der Waals surface area (Å²) in [6.45, 7) is 0. The van der Waals surface area contributed by atoms with Gasteiger partial charge >= 0.3 is 17.9 Å². The Balaban J connectivity index is 1.94. The number of benzene rings is 2. The van der Waals surface area contributed by atoms with Crippen molar-refractivity contribution in [3.63, 3.8) is 0 Å². The van der Waals surface area contributed by atoms with Crippen LogP contribution in [0.1, 0.15) is 20.7 Å². The van der Waals surface area contributed by atoms with Gasteiger partial charge in [-0.15, -0.1) is 0 Å². The quantitative estimate of drug-likeness (QED) is 0.269. The van der Waals surface area contributed by atoms with E-state index in [1.54, 1.807) is 0 Å². The molecule has 0 spiro atoms. The van der Waals surface area contributed by atoms with Gasteiger partial charge in [0.05, 0.1) is 25.3 Å². The first-order chi connectivity index (χ1) is 14.3. The second-order valence-electron chi connectivity index (χ2n) is 5.74. The molecular weight excluding hydrogens is 400 g/mol. The summed E-state index contributed by atoms with van der Waals surface area (Å²) in [4.78, 5) is 47.5. The molecule has 0 heterocycles. The zero-order valence-electron chi connectivity index (χ0n) is 15.9. The standard InChI is InChI=1S/C20H18O10/c1-27-13-7-3-11(4-8-13)17(23)29-19(25)15(21)16(22)20(26)30-18(24)12-5-9-14(28-2)10-6-12/h3-10,15,19,21,25H,1-2H3. The average molecular weight is 418 g/mol. The van der Waals surface area contributed by atoms with Gasteiger partial charge in [0.15, 0.2) is 6.10 Å². The lowest BCUT2D eigenvalue weighted by atomic mass is 10.2. The summed E-state index contributed by atoms with van der Waals surface area (Å²) in [5.41, 5.74) is -0.0651. The van der Waals surface area contributed by atoms with Crippen molar-refractivity contribution in [3.05, 3.63) is 59.7 Å². The first-order valence-corrected chi connectivity index (χ1v) is 8.42. The molecule has 10 nitrogen and oxygen atoms in total. The first kappa shape index (κ1) is 22.5. The molecule has 0 aromatic heterocycles. The number of methoxy groups -OCH3 is 2. The smallest absolute Gasteiger partial charge is 0.385 e. The van der Waals surface area contributed by atoms with Crippen molar-refractivity contribution in [1.29, 1.82) is 0 Å². The number of rotatable bonds is 8. The van der Waals surface area contributed by atoms with Crippen LogP contribution in [0.5, 0.6) is 11.5 Å². The maximum Gasteiger partial charge on any atom is 0.385 e. The van der Waals surface area contributed by atoms with Crippen molar-refractivity contribution in [3.8, 4) is 11.5 Å². The van der Waals surface area contributed by atoms with Crippen LogP contribution in [-0.2, 0) is 19.1 Å². The molecule has 2 aromatic carbocycles. The Morgan fingerprint density at radius 2 is 1.17 bits per heavy atom. The molecule has 2 aromatic rings. The van der Waals surface area contributed by atoms with Gasteiger partial charge in [0.25, 0.3) is 5.78 Å². The average Bonchev–Trinajstić information content (AvgIpc) is 2.77. The Kier molecular flexibility index (Phi) is 7.62. The van der Waals surface area contributed by atoms with E-state index in [1.807, 2.05) is 0 Å². The molecule has 0 aliphatic carbocycles. The zero-order chi connectivity index (χ0) is 22.3. The minimum atomic E-state index is -2.46. The molecule has 158 valence electrons. The molecule has 0 saturated carbocycles. The first-order valence-electron chi connectivity index (χ1n) is 8.42. The monoisotopic (exact) mass is 418 g/mol. The third kappa shape index (κ3) is 5.63. The molecule has 0 radical (unpaired) electrons. The van der Waals surface area contributed by atoms with E-state index in [9.17, 15) is 29.4 Å². The lowest BCUT2D eigenvalue weighted by Gasteiger charge is -2.16. The summed E-state index contributed by atoms with van der Waals surface area (Å²) in [6, 6.07) is 11.0. The molecule has 10 heteroatoms. The van der Waals surface area contributed by atoms with Gasteiger partial charge in [-0.05, 0) is 48.5 Å². The van der Waals surface area contributed by atoms with Gasteiger partial charge in [-0.25, -0.2) is 14.4 Å². The minimum absolute atomic E-state index is 0.00763. The van der Waals surface area contributed by atoms with Crippen molar-refractivity contribution in [2.45, 2.75) is 12.4 Å². The predicted molar refractivity (Wildman–Crippen MR) is 98.8 cm³/mol. The number of hydrogen-bond donors (Lipinski definition) is 2. The van der Waals surface area contributed by atoms with Crippen molar-refractivity contribution in [2.75, 3.05) is 14.2 Å². The van der Waals surface area contributed by atoms with Crippen LogP contribution < -0.4 is 9.47 Å². The van der Waals surface area contributed by atoms with Crippen LogP contribution in [0.3, 0.4) is 0 Å². The Morgan fingerprint density at radius 1 is 0.733 bits per heavy atom. The fourth-order valence-corrected chi connectivity index (χ4v) is 2.14. The van der Waals surface area contributed by atoms with Crippen LogP contribution in [0.4, 0.5) is 0 Å². The number of esters is 3. The number of ketones is 1. The van der Waals surface area contributed by atoms with Crippen LogP contribution in [0.2, 0.25) is 0 Å². The number of hydrogen-bond acceptors (Lipinski definition) is 10. The molecule has 2 N–H and O–H groups in total. The van der Waals surface area contributed by atoms with Gasteiger partial charge in [-0.3, -0.25) is 4.79 Å². The third-order valence-electron chi connectivity index (χ3n) is 3.80. The van der Waals surface area contributed by atoms with Gasteiger partial charge in [0.2, 0.25) is 6.29 Å². The van der Waals surface area contributed by atoms with Crippen molar-refractivity contribution in [1.82, 2.24) is 0 Å². The molecule has 30 heavy (non-hydrogen) atoms.